The molecule has 7 heteroatoms. The summed E-state index contributed by atoms with van der Waals surface area (Å²) in [5, 5.41) is 13.9. The predicted molar refractivity (Wildman–Crippen MR) is 105 cm³/mol. The van der Waals surface area contributed by atoms with Crippen molar-refractivity contribution in [2.45, 2.75) is 12.8 Å². The van der Waals surface area contributed by atoms with Crippen molar-refractivity contribution >= 4 is 23.9 Å². The number of aliphatic carboxylic acids is 1. The van der Waals surface area contributed by atoms with Crippen molar-refractivity contribution in [2.75, 3.05) is 13.7 Å². The zero-order chi connectivity index (χ0) is 20.4. The highest BCUT2D eigenvalue weighted by Gasteiger charge is 2.14. The number of rotatable bonds is 9. The molecular formula is C21H22N2O5. The molecular weight excluding hydrogens is 360 g/mol. The van der Waals surface area contributed by atoms with Crippen LogP contribution in [-0.2, 0) is 9.59 Å². The number of hydrogen-bond donors (Lipinski definition) is 3. The van der Waals surface area contributed by atoms with Gasteiger partial charge in [-0.2, -0.15) is 0 Å². The van der Waals surface area contributed by atoms with Crippen molar-refractivity contribution in [2.24, 2.45) is 0 Å². The Kier molecular flexibility index (Phi) is 7.77. The second kappa shape index (κ2) is 10.5. The van der Waals surface area contributed by atoms with Gasteiger partial charge in [-0.25, -0.2) is 0 Å². The first-order valence-corrected chi connectivity index (χ1v) is 8.71. The largest absolute Gasteiger partial charge is 0.497 e. The van der Waals surface area contributed by atoms with Crippen LogP contribution < -0.4 is 15.4 Å². The molecule has 0 heterocycles. The normalized spacial score (nSPS) is 10.8. The number of carboxylic acids is 1. The third kappa shape index (κ3) is 6.60. The van der Waals surface area contributed by atoms with Crippen LogP contribution in [0.4, 0.5) is 0 Å². The van der Waals surface area contributed by atoms with Crippen LogP contribution in [0.3, 0.4) is 0 Å². The maximum absolute atomic E-state index is 12.5. The Bertz CT molecular complexity index is 845. The summed E-state index contributed by atoms with van der Waals surface area (Å²) in [7, 11) is 1.53. The van der Waals surface area contributed by atoms with Crippen molar-refractivity contribution in [1.82, 2.24) is 10.6 Å². The van der Waals surface area contributed by atoms with Gasteiger partial charge in [0.15, 0.2) is 0 Å². The lowest BCUT2D eigenvalue weighted by atomic mass is 10.1. The van der Waals surface area contributed by atoms with E-state index < -0.39 is 17.8 Å². The van der Waals surface area contributed by atoms with E-state index in [2.05, 4.69) is 10.6 Å². The zero-order valence-corrected chi connectivity index (χ0v) is 15.5. The quantitative estimate of drug-likeness (QED) is 0.456. The highest BCUT2D eigenvalue weighted by Crippen LogP contribution is 2.12. The zero-order valence-electron chi connectivity index (χ0n) is 15.5. The van der Waals surface area contributed by atoms with Crippen LogP contribution >= 0.6 is 0 Å². The molecule has 2 aromatic carbocycles. The summed E-state index contributed by atoms with van der Waals surface area (Å²) in [5.74, 6) is -1.24. The lowest BCUT2D eigenvalue weighted by Crippen LogP contribution is -2.35. The Hall–Kier alpha value is -3.61. The van der Waals surface area contributed by atoms with Crippen molar-refractivity contribution in [3.63, 3.8) is 0 Å². The number of benzene rings is 2. The van der Waals surface area contributed by atoms with Gasteiger partial charge >= 0.3 is 5.97 Å². The fourth-order valence-corrected chi connectivity index (χ4v) is 2.35. The minimum atomic E-state index is -0.929. The van der Waals surface area contributed by atoms with Gasteiger partial charge in [-0.15, -0.1) is 0 Å². The molecule has 3 N–H and O–H groups in total. The van der Waals surface area contributed by atoms with Crippen LogP contribution in [0.2, 0.25) is 0 Å². The third-order valence-electron chi connectivity index (χ3n) is 3.81. The van der Waals surface area contributed by atoms with E-state index in [0.29, 0.717) is 17.7 Å². The highest BCUT2D eigenvalue weighted by atomic mass is 16.5. The SMILES string of the molecule is COc1ccc(C(=O)N/C(=C\c2ccccc2)C(=O)NCCCC(=O)O)cc1. The molecule has 0 aliphatic carbocycles. The Labute approximate surface area is 163 Å². The second-order valence-electron chi connectivity index (χ2n) is 5.90. The molecule has 2 aromatic rings. The molecule has 2 rings (SSSR count). The van der Waals surface area contributed by atoms with Crippen LogP contribution in [0.5, 0.6) is 5.75 Å². The van der Waals surface area contributed by atoms with Gasteiger partial charge in [-0.05, 0) is 42.3 Å². The lowest BCUT2D eigenvalue weighted by Gasteiger charge is -2.11. The smallest absolute Gasteiger partial charge is 0.303 e. The molecule has 0 saturated heterocycles. The van der Waals surface area contributed by atoms with Gasteiger partial charge in [0.25, 0.3) is 11.8 Å². The monoisotopic (exact) mass is 382 g/mol. The van der Waals surface area contributed by atoms with Gasteiger partial charge in [0, 0.05) is 18.5 Å². The molecule has 146 valence electrons. The summed E-state index contributed by atoms with van der Waals surface area (Å²) >= 11 is 0. The second-order valence-corrected chi connectivity index (χ2v) is 5.90. The van der Waals surface area contributed by atoms with Crippen molar-refractivity contribution in [3.05, 3.63) is 71.4 Å². The number of nitrogens with one attached hydrogen (secondary N) is 2. The fraction of sp³-hybridized carbons (Fsp3) is 0.190. The number of carbonyl (C=O) groups excluding carboxylic acids is 2. The number of ether oxygens (including phenoxy) is 1. The van der Waals surface area contributed by atoms with E-state index in [4.69, 9.17) is 9.84 Å². The van der Waals surface area contributed by atoms with Crippen molar-refractivity contribution < 1.29 is 24.2 Å². The van der Waals surface area contributed by atoms with E-state index >= 15 is 0 Å². The molecule has 0 atom stereocenters. The molecule has 0 unspecified atom stereocenters. The minimum absolute atomic E-state index is 0.0454. The van der Waals surface area contributed by atoms with Crippen LogP contribution in [0.15, 0.2) is 60.3 Å². The molecule has 0 aliphatic heterocycles. The lowest BCUT2D eigenvalue weighted by molar-refractivity contribution is -0.137. The molecule has 0 fully saturated rings. The van der Waals surface area contributed by atoms with Crippen molar-refractivity contribution in [1.29, 1.82) is 0 Å². The molecule has 0 radical (unpaired) electrons. The Balaban J connectivity index is 2.13. The standard InChI is InChI=1S/C21H22N2O5/c1-28-17-11-9-16(10-12-17)20(26)23-18(14-15-6-3-2-4-7-15)21(27)22-13-5-8-19(24)25/h2-4,6-7,9-12,14H,5,8,13H2,1H3,(H,22,27)(H,23,26)(H,24,25)/b18-14-. The van der Waals surface area contributed by atoms with Gasteiger partial charge in [-0.1, -0.05) is 30.3 Å². The van der Waals surface area contributed by atoms with Crippen LogP contribution in [0, 0.1) is 0 Å². The van der Waals surface area contributed by atoms with E-state index in [1.54, 1.807) is 42.5 Å². The Morgan fingerprint density at radius 1 is 1.04 bits per heavy atom. The maximum atomic E-state index is 12.5. The number of amides is 2. The first-order valence-electron chi connectivity index (χ1n) is 8.71. The maximum Gasteiger partial charge on any atom is 0.303 e. The average Bonchev–Trinajstić information content (AvgIpc) is 2.71. The summed E-state index contributed by atoms with van der Waals surface area (Å²) in [6.45, 7) is 0.190. The fourth-order valence-electron chi connectivity index (χ4n) is 2.35. The van der Waals surface area contributed by atoms with E-state index in [9.17, 15) is 14.4 Å². The average molecular weight is 382 g/mol. The van der Waals surface area contributed by atoms with Gasteiger partial charge in [0.2, 0.25) is 0 Å². The minimum Gasteiger partial charge on any atom is -0.497 e. The summed E-state index contributed by atoms with van der Waals surface area (Å²) in [6, 6.07) is 15.6. The highest BCUT2D eigenvalue weighted by molar-refractivity contribution is 6.05. The van der Waals surface area contributed by atoms with E-state index in [0.717, 1.165) is 5.56 Å². The first-order chi connectivity index (χ1) is 13.5. The summed E-state index contributed by atoms with van der Waals surface area (Å²) in [6.07, 6.45) is 1.82. The molecule has 7 nitrogen and oxygen atoms in total. The topological polar surface area (TPSA) is 105 Å². The molecule has 0 spiro atoms. The number of hydrogen-bond acceptors (Lipinski definition) is 4. The van der Waals surface area contributed by atoms with Crippen LogP contribution in [-0.4, -0.2) is 36.5 Å². The third-order valence-corrected chi connectivity index (χ3v) is 3.81. The summed E-state index contributed by atoms with van der Waals surface area (Å²) in [5.41, 5.74) is 1.19. The van der Waals surface area contributed by atoms with Crippen LogP contribution in [0.25, 0.3) is 6.08 Å². The number of carbonyl (C=O) groups is 3. The van der Waals surface area contributed by atoms with Gasteiger partial charge in [0.05, 0.1) is 7.11 Å². The Morgan fingerprint density at radius 3 is 2.32 bits per heavy atom. The van der Waals surface area contributed by atoms with Crippen molar-refractivity contribution in [3.8, 4) is 5.75 Å². The van der Waals surface area contributed by atoms with E-state index in [1.807, 2.05) is 18.2 Å². The van der Waals surface area contributed by atoms with Crippen LogP contribution in [0.1, 0.15) is 28.8 Å². The Morgan fingerprint density at radius 2 is 1.71 bits per heavy atom. The molecule has 0 aromatic heterocycles. The van der Waals surface area contributed by atoms with Gasteiger partial charge < -0.3 is 20.5 Å². The number of carboxylic acid groups (broad SMARTS) is 1. The molecule has 28 heavy (non-hydrogen) atoms. The summed E-state index contributed by atoms with van der Waals surface area (Å²) < 4.78 is 5.07. The molecule has 2 amide bonds. The van der Waals surface area contributed by atoms with E-state index in [1.165, 1.54) is 7.11 Å². The van der Waals surface area contributed by atoms with E-state index in [-0.39, 0.29) is 18.7 Å². The van der Waals surface area contributed by atoms with Gasteiger partial charge in [0.1, 0.15) is 11.4 Å². The number of methoxy groups -OCH3 is 1. The summed E-state index contributed by atoms with van der Waals surface area (Å²) in [4.78, 5) is 35.6. The first kappa shape index (κ1) is 20.7. The molecule has 0 aliphatic rings. The van der Waals surface area contributed by atoms with Gasteiger partial charge in [-0.3, -0.25) is 14.4 Å². The molecule has 0 saturated carbocycles. The predicted octanol–water partition coefficient (Wildman–Crippen LogP) is 2.45. The molecule has 0 bridgehead atoms.